The number of carbonyl (C=O) groups is 1. The van der Waals surface area contributed by atoms with Crippen LogP contribution in [0.2, 0.25) is 0 Å². The summed E-state index contributed by atoms with van der Waals surface area (Å²) in [6.07, 6.45) is 3.57. The normalized spacial score (nSPS) is 18.2. The van der Waals surface area contributed by atoms with Crippen molar-refractivity contribution in [2.75, 3.05) is 46.4 Å². The van der Waals surface area contributed by atoms with Crippen molar-refractivity contribution in [2.45, 2.75) is 19.3 Å². The first-order chi connectivity index (χ1) is 8.22. The summed E-state index contributed by atoms with van der Waals surface area (Å²) in [6, 6.07) is 0. The van der Waals surface area contributed by atoms with E-state index in [1.165, 1.54) is 25.9 Å². The van der Waals surface area contributed by atoms with Gasteiger partial charge in [-0.15, -0.1) is 0 Å². The van der Waals surface area contributed by atoms with Crippen LogP contribution in [0.25, 0.3) is 0 Å². The molecule has 17 heavy (non-hydrogen) atoms. The minimum atomic E-state index is -0.0358. The summed E-state index contributed by atoms with van der Waals surface area (Å²) in [4.78, 5) is 13.7. The van der Waals surface area contributed by atoms with Crippen LogP contribution in [0.3, 0.4) is 0 Å². The predicted molar refractivity (Wildman–Crippen MR) is 67.7 cm³/mol. The Labute approximate surface area is 104 Å². The SMILES string of the molecule is CN1CCC(CCNC(=O)COCCN)CC1. The van der Waals surface area contributed by atoms with E-state index in [1.54, 1.807) is 0 Å². The maximum atomic E-state index is 11.3. The van der Waals surface area contributed by atoms with Crippen LogP contribution in [-0.2, 0) is 9.53 Å². The molecule has 1 aliphatic heterocycles. The van der Waals surface area contributed by atoms with E-state index in [1.807, 2.05) is 0 Å². The minimum absolute atomic E-state index is 0.0358. The van der Waals surface area contributed by atoms with Crippen LogP contribution in [0.4, 0.5) is 0 Å². The largest absolute Gasteiger partial charge is 0.370 e. The van der Waals surface area contributed by atoms with E-state index in [-0.39, 0.29) is 12.5 Å². The van der Waals surface area contributed by atoms with E-state index in [0.29, 0.717) is 13.2 Å². The fraction of sp³-hybridized carbons (Fsp3) is 0.917. The Balaban J connectivity index is 1.97. The summed E-state index contributed by atoms with van der Waals surface area (Å²) >= 11 is 0. The molecule has 1 aliphatic rings. The molecule has 3 N–H and O–H groups in total. The molecular weight excluding hydrogens is 218 g/mol. The fourth-order valence-electron chi connectivity index (χ4n) is 2.07. The predicted octanol–water partition coefficient (Wildman–Crippen LogP) is -0.190. The van der Waals surface area contributed by atoms with Crippen molar-refractivity contribution in [3.63, 3.8) is 0 Å². The zero-order valence-electron chi connectivity index (χ0n) is 10.8. The first kappa shape index (κ1) is 14.4. The molecule has 100 valence electrons. The molecular formula is C12H25N3O2. The number of nitrogens with one attached hydrogen (secondary N) is 1. The van der Waals surface area contributed by atoms with Gasteiger partial charge in [-0.2, -0.15) is 0 Å². The lowest BCUT2D eigenvalue weighted by atomic mass is 9.94. The second-order valence-corrected chi connectivity index (χ2v) is 4.73. The Bertz CT molecular complexity index is 216. The molecule has 0 saturated carbocycles. The molecule has 0 spiro atoms. The number of likely N-dealkylation sites (tertiary alicyclic amines) is 1. The van der Waals surface area contributed by atoms with Crippen molar-refractivity contribution >= 4 is 5.91 Å². The van der Waals surface area contributed by atoms with Gasteiger partial charge in [0.1, 0.15) is 6.61 Å². The van der Waals surface area contributed by atoms with Crippen LogP contribution in [0.15, 0.2) is 0 Å². The number of nitrogens with zero attached hydrogens (tertiary/aromatic N) is 1. The third-order valence-electron chi connectivity index (χ3n) is 3.21. The number of hydrogen-bond donors (Lipinski definition) is 2. The van der Waals surface area contributed by atoms with Crippen LogP contribution in [0.5, 0.6) is 0 Å². The highest BCUT2D eigenvalue weighted by molar-refractivity contribution is 5.77. The number of rotatable bonds is 7. The van der Waals surface area contributed by atoms with Crippen molar-refractivity contribution in [2.24, 2.45) is 11.7 Å². The van der Waals surface area contributed by atoms with E-state index in [0.717, 1.165) is 18.9 Å². The molecule has 5 nitrogen and oxygen atoms in total. The van der Waals surface area contributed by atoms with E-state index >= 15 is 0 Å². The van der Waals surface area contributed by atoms with Crippen molar-refractivity contribution in [3.05, 3.63) is 0 Å². The van der Waals surface area contributed by atoms with Gasteiger partial charge in [0.15, 0.2) is 0 Å². The summed E-state index contributed by atoms with van der Waals surface area (Å²) < 4.78 is 5.06. The molecule has 1 saturated heterocycles. The van der Waals surface area contributed by atoms with Gasteiger partial charge in [0.2, 0.25) is 5.91 Å². The van der Waals surface area contributed by atoms with Crippen molar-refractivity contribution in [3.8, 4) is 0 Å². The van der Waals surface area contributed by atoms with Crippen LogP contribution >= 0.6 is 0 Å². The summed E-state index contributed by atoms with van der Waals surface area (Å²) in [7, 11) is 2.16. The van der Waals surface area contributed by atoms with Gasteiger partial charge in [-0.1, -0.05) is 0 Å². The highest BCUT2D eigenvalue weighted by atomic mass is 16.5. The Hall–Kier alpha value is -0.650. The number of amides is 1. The van der Waals surface area contributed by atoms with Crippen molar-refractivity contribution in [1.82, 2.24) is 10.2 Å². The van der Waals surface area contributed by atoms with E-state index in [9.17, 15) is 4.79 Å². The minimum Gasteiger partial charge on any atom is -0.370 e. The second-order valence-electron chi connectivity index (χ2n) is 4.73. The quantitative estimate of drug-likeness (QED) is 0.608. The molecule has 1 heterocycles. The lowest BCUT2D eigenvalue weighted by Gasteiger charge is -2.28. The molecule has 0 aromatic heterocycles. The van der Waals surface area contributed by atoms with Crippen LogP contribution in [-0.4, -0.2) is 57.2 Å². The van der Waals surface area contributed by atoms with Gasteiger partial charge in [0, 0.05) is 13.1 Å². The molecule has 1 fully saturated rings. The van der Waals surface area contributed by atoms with E-state index in [4.69, 9.17) is 10.5 Å². The van der Waals surface area contributed by atoms with Gasteiger partial charge in [0.05, 0.1) is 6.61 Å². The molecule has 0 radical (unpaired) electrons. The molecule has 5 heteroatoms. The zero-order chi connectivity index (χ0) is 12.5. The highest BCUT2D eigenvalue weighted by Gasteiger charge is 2.16. The molecule has 1 rings (SSSR count). The standard InChI is InChI=1S/C12H25N3O2/c1-15-7-3-11(4-8-15)2-6-14-12(16)10-17-9-5-13/h11H,2-10,13H2,1H3,(H,14,16). The van der Waals surface area contributed by atoms with E-state index in [2.05, 4.69) is 17.3 Å². The molecule has 0 unspecified atom stereocenters. The van der Waals surface area contributed by atoms with E-state index < -0.39 is 0 Å². The average molecular weight is 243 g/mol. The highest BCUT2D eigenvalue weighted by Crippen LogP contribution is 2.18. The fourth-order valence-corrected chi connectivity index (χ4v) is 2.07. The topological polar surface area (TPSA) is 67.6 Å². The van der Waals surface area contributed by atoms with Crippen molar-refractivity contribution < 1.29 is 9.53 Å². The van der Waals surface area contributed by atoms with Crippen LogP contribution < -0.4 is 11.1 Å². The lowest BCUT2D eigenvalue weighted by Crippen LogP contribution is -2.34. The molecule has 0 aromatic carbocycles. The molecule has 0 aromatic rings. The number of ether oxygens (including phenoxy) is 1. The smallest absolute Gasteiger partial charge is 0.245 e. The summed E-state index contributed by atoms with van der Waals surface area (Å²) in [5.41, 5.74) is 5.26. The number of nitrogens with two attached hydrogens (primary N) is 1. The average Bonchev–Trinajstić information content (AvgIpc) is 2.32. The van der Waals surface area contributed by atoms with Gasteiger partial charge >= 0.3 is 0 Å². The van der Waals surface area contributed by atoms with Crippen LogP contribution in [0.1, 0.15) is 19.3 Å². The van der Waals surface area contributed by atoms with Crippen molar-refractivity contribution in [1.29, 1.82) is 0 Å². The second kappa shape index (κ2) is 8.44. The maximum Gasteiger partial charge on any atom is 0.245 e. The Morgan fingerprint density at radius 3 is 2.82 bits per heavy atom. The summed E-state index contributed by atoms with van der Waals surface area (Å²) in [6.45, 7) is 4.16. The zero-order valence-corrected chi connectivity index (χ0v) is 10.8. The Morgan fingerprint density at radius 1 is 1.47 bits per heavy atom. The third-order valence-corrected chi connectivity index (χ3v) is 3.21. The Kier molecular flexibility index (Phi) is 7.16. The molecule has 0 atom stereocenters. The van der Waals surface area contributed by atoms with Gasteiger partial charge in [0.25, 0.3) is 0 Å². The van der Waals surface area contributed by atoms with Gasteiger partial charge in [-0.05, 0) is 45.3 Å². The van der Waals surface area contributed by atoms with Gasteiger partial charge in [-0.3, -0.25) is 4.79 Å². The van der Waals surface area contributed by atoms with Gasteiger partial charge < -0.3 is 20.7 Å². The summed E-state index contributed by atoms with van der Waals surface area (Å²) in [5, 5.41) is 2.88. The number of hydrogen-bond acceptors (Lipinski definition) is 4. The molecule has 0 aliphatic carbocycles. The lowest BCUT2D eigenvalue weighted by molar-refractivity contribution is -0.125. The number of carbonyl (C=O) groups excluding carboxylic acids is 1. The molecule has 1 amide bonds. The van der Waals surface area contributed by atoms with Crippen LogP contribution in [0, 0.1) is 5.92 Å². The summed E-state index contributed by atoms with van der Waals surface area (Å²) in [5.74, 6) is 0.725. The maximum absolute atomic E-state index is 11.3. The Morgan fingerprint density at radius 2 is 2.18 bits per heavy atom. The third kappa shape index (κ3) is 6.61. The monoisotopic (exact) mass is 243 g/mol. The first-order valence-corrected chi connectivity index (χ1v) is 6.45. The van der Waals surface area contributed by atoms with Gasteiger partial charge in [-0.25, -0.2) is 0 Å². The first-order valence-electron chi connectivity index (χ1n) is 6.45. The number of piperidine rings is 1. The molecule has 0 bridgehead atoms.